The summed E-state index contributed by atoms with van der Waals surface area (Å²) in [6.45, 7) is 8.24. The van der Waals surface area contributed by atoms with Crippen LogP contribution in [0.2, 0.25) is 0 Å². The quantitative estimate of drug-likeness (QED) is 0.874. The van der Waals surface area contributed by atoms with Gasteiger partial charge < -0.3 is 10.1 Å². The predicted octanol–water partition coefficient (Wildman–Crippen LogP) is 4.17. The number of thioether (sulfide) groups is 1. The molecular weight excluding hydrogens is 254 g/mol. The maximum atomic E-state index is 5.56. The van der Waals surface area contributed by atoms with Crippen LogP contribution in [0.1, 0.15) is 32.8 Å². The lowest BCUT2D eigenvalue weighted by Gasteiger charge is -2.39. The Morgan fingerprint density at radius 3 is 2.89 bits per heavy atom. The van der Waals surface area contributed by atoms with Crippen LogP contribution in [-0.4, -0.2) is 24.2 Å². The molecule has 1 unspecified atom stereocenters. The Hall–Kier alpha value is -0.670. The second-order valence-electron chi connectivity index (χ2n) is 5.80. The van der Waals surface area contributed by atoms with Gasteiger partial charge in [0.05, 0.1) is 6.61 Å². The molecule has 19 heavy (non-hydrogen) atoms. The summed E-state index contributed by atoms with van der Waals surface area (Å²) in [5.74, 6) is 2.47. The smallest absolute Gasteiger partial charge is 0.0736 e. The molecule has 1 fully saturated rings. The highest BCUT2D eigenvalue weighted by atomic mass is 32.2. The van der Waals surface area contributed by atoms with Crippen molar-refractivity contribution < 1.29 is 4.74 Å². The minimum atomic E-state index is 0.365. The Morgan fingerprint density at radius 1 is 1.37 bits per heavy atom. The van der Waals surface area contributed by atoms with E-state index in [-0.39, 0.29) is 0 Å². The number of anilines is 1. The van der Waals surface area contributed by atoms with E-state index in [1.807, 2.05) is 6.92 Å². The fourth-order valence-electron chi connectivity index (χ4n) is 2.36. The SMILES string of the molecule is CCOCc1ccccc1NC1CSCCC1(C)C. The van der Waals surface area contributed by atoms with E-state index >= 15 is 0 Å². The molecule has 1 aliphatic heterocycles. The third kappa shape index (κ3) is 3.90. The van der Waals surface area contributed by atoms with Gasteiger partial charge in [-0.05, 0) is 30.6 Å². The van der Waals surface area contributed by atoms with Gasteiger partial charge >= 0.3 is 0 Å². The van der Waals surface area contributed by atoms with Crippen LogP contribution in [-0.2, 0) is 11.3 Å². The molecule has 106 valence electrons. The number of hydrogen-bond donors (Lipinski definition) is 1. The maximum absolute atomic E-state index is 5.56. The maximum Gasteiger partial charge on any atom is 0.0736 e. The molecule has 3 heteroatoms. The van der Waals surface area contributed by atoms with E-state index < -0.39 is 0 Å². The molecule has 2 nitrogen and oxygen atoms in total. The van der Waals surface area contributed by atoms with Gasteiger partial charge in [-0.2, -0.15) is 11.8 Å². The van der Waals surface area contributed by atoms with E-state index in [1.165, 1.54) is 29.2 Å². The Kier molecular flexibility index (Phi) is 5.17. The first-order valence-corrected chi connectivity index (χ1v) is 8.29. The standard InChI is InChI=1S/C16H25NOS/c1-4-18-11-13-7-5-6-8-14(13)17-15-12-19-10-9-16(15,2)3/h5-8,15,17H,4,9-12H2,1-3H3. The van der Waals surface area contributed by atoms with Gasteiger partial charge in [-0.15, -0.1) is 0 Å². The minimum Gasteiger partial charge on any atom is -0.381 e. The normalized spacial score (nSPS) is 22.2. The number of nitrogens with one attached hydrogen (secondary N) is 1. The van der Waals surface area contributed by atoms with Gasteiger partial charge in [-0.3, -0.25) is 0 Å². The van der Waals surface area contributed by atoms with Gasteiger partial charge in [-0.1, -0.05) is 32.0 Å². The average molecular weight is 279 g/mol. The first kappa shape index (κ1) is 14.7. The van der Waals surface area contributed by atoms with E-state index in [1.54, 1.807) is 0 Å². The van der Waals surface area contributed by atoms with Crippen molar-refractivity contribution in [1.29, 1.82) is 0 Å². The molecule has 0 spiro atoms. The number of hydrogen-bond acceptors (Lipinski definition) is 3. The van der Waals surface area contributed by atoms with Gasteiger partial charge in [0.25, 0.3) is 0 Å². The van der Waals surface area contributed by atoms with Crippen molar-refractivity contribution in [3.05, 3.63) is 29.8 Å². The molecule has 2 rings (SSSR count). The fourth-order valence-corrected chi connectivity index (χ4v) is 3.97. The molecule has 1 atom stereocenters. The van der Waals surface area contributed by atoms with Crippen LogP contribution in [0.15, 0.2) is 24.3 Å². The van der Waals surface area contributed by atoms with E-state index in [0.717, 1.165) is 6.61 Å². The van der Waals surface area contributed by atoms with Crippen LogP contribution in [0.25, 0.3) is 0 Å². The molecule has 0 aliphatic carbocycles. The van der Waals surface area contributed by atoms with E-state index in [0.29, 0.717) is 18.1 Å². The summed E-state index contributed by atoms with van der Waals surface area (Å²) in [5.41, 5.74) is 2.86. The average Bonchev–Trinajstić information content (AvgIpc) is 2.40. The van der Waals surface area contributed by atoms with Crippen molar-refractivity contribution in [2.75, 3.05) is 23.4 Å². The molecule has 0 aromatic heterocycles. The largest absolute Gasteiger partial charge is 0.381 e. The highest BCUT2D eigenvalue weighted by Gasteiger charge is 2.32. The molecule has 0 radical (unpaired) electrons. The van der Waals surface area contributed by atoms with Crippen molar-refractivity contribution in [1.82, 2.24) is 0 Å². The van der Waals surface area contributed by atoms with Crippen molar-refractivity contribution in [3.8, 4) is 0 Å². The molecule has 0 saturated carbocycles. The van der Waals surface area contributed by atoms with Crippen LogP contribution >= 0.6 is 11.8 Å². The Labute approximate surface area is 121 Å². The number of rotatable bonds is 5. The van der Waals surface area contributed by atoms with E-state index in [2.05, 4.69) is 55.2 Å². The zero-order valence-corrected chi connectivity index (χ0v) is 13.1. The van der Waals surface area contributed by atoms with Crippen molar-refractivity contribution in [3.63, 3.8) is 0 Å². The van der Waals surface area contributed by atoms with Crippen molar-refractivity contribution >= 4 is 17.4 Å². The summed E-state index contributed by atoms with van der Waals surface area (Å²) in [6.07, 6.45) is 1.28. The summed E-state index contributed by atoms with van der Waals surface area (Å²) in [4.78, 5) is 0. The lowest BCUT2D eigenvalue weighted by molar-refractivity contribution is 0.134. The third-order valence-corrected chi connectivity index (χ3v) is 4.99. The summed E-state index contributed by atoms with van der Waals surface area (Å²) in [5, 5.41) is 3.75. The van der Waals surface area contributed by atoms with Gasteiger partial charge in [0.15, 0.2) is 0 Å². The Morgan fingerprint density at radius 2 is 2.16 bits per heavy atom. The highest BCUT2D eigenvalue weighted by molar-refractivity contribution is 7.99. The molecule has 1 saturated heterocycles. The molecule has 0 amide bonds. The zero-order chi connectivity index (χ0) is 13.7. The molecule has 0 bridgehead atoms. The summed E-state index contributed by atoms with van der Waals surface area (Å²) < 4.78 is 5.56. The second kappa shape index (κ2) is 6.67. The van der Waals surface area contributed by atoms with Gasteiger partial charge in [0, 0.05) is 29.7 Å². The number of ether oxygens (including phenoxy) is 1. The van der Waals surface area contributed by atoms with Crippen LogP contribution in [0.3, 0.4) is 0 Å². The van der Waals surface area contributed by atoms with Crippen LogP contribution < -0.4 is 5.32 Å². The number of para-hydroxylation sites is 1. The molecule has 1 heterocycles. The third-order valence-electron chi connectivity index (χ3n) is 3.93. The lowest BCUT2D eigenvalue weighted by atomic mass is 9.82. The van der Waals surface area contributed by atoms with Gasteiger partial charge in [0.2, 0.25) is 0 Å². The molecule has 1 aromatic rings. The first-order chi connectivity index (χ1) is 9.13. The lowest BCUT2D eigenvalue weighted by Crippen LogP contribution is -2.41. The predicted molar refractivity (Wildman–Crippen MR) is 84.9 cm³/mol. The number of benzene rings is 1. The van der Waals surface area contributed by atoms with Gasteiger partial charge in [-0.25, -0.2) is 0 Å². The topological polar surface area (TPSA) is 21.3 Å². The minimum absolute atomic E-state index is 0.365. The highest BCUT2D eigenvalue weighted by Crippen LogP contribution is 2.36. The van der Waals surface area contributed by atoms with Gasteiger partial charge in [0.1, 0.15) is 0 Å². The summed E-state index contributed by atoms with van der Waals surface area (Å²) >= 11 is 2.05. The Balaban J connectivity index is 2.09. The van der Waals surface area contributed by atoms with E-state index in [9.17, 15) is 0 Å². The van der Waals surface area contributed by atoms with Crippen molar-refractivity contribution in [2.24, 2.45) is 5.41 Å². The molecule has 1 aliphatic rings. The zero-order valence-electron chi connectivity index (χ0n) is 12.2. The summed E-state index contributed by atoms with van der Waals surface area (Å²) in [6, 6.07) is 9.04. The van der Waals surface area contributed by atoms with E-state index in [4.69, 9.17) is 4.74 Å². The van der Waals surface area contributed by atoms with Crippen LogP contribution in [0, 0.1) is 5.41 Å². The first-order valence-electron chi connectivity index (χ1n) is 7.13. The molecule has 1 N–H and O–H groups in total. The molecule has 1 aromatic carbocycles. The fraction of sp³-hybridized carbons (Fsp3) is 0.625. The van der Waals surface area contributed by atoms with Crippen LogP contribution in [0.5, 0.6) is 0 Å². The molecular formula is C16H25NOS. The van der Waals surface area contributed by atoms with Crippen LogP contribution in [0.4, 0.5) is 5.69 Å². The Bertz CT molecular complexity index is 405. The summed E-state index contributed by atoms with van der Waals surface area (Å²) in [7, 11) is 0. The van der Waals surface area contributed by atoms with Crippen molar-refractivity contribution in [2.45, 2.75) is 39.8 Å². The second-order valence-corrected chi connectivity index (χ2v) is 6.95. The monoisotopic (exact) mass is 279 g/mol.